The minimum Gasteiger partial charge on any atom is -0.335 e. The molecule has 1 aromatic rings. The zero-order valence-corrected chi connectivity index (χ0v) is 10.6. The van der Waals surface area contributed by atoms with Crippen molar-refractivity contribution in [3.05, 3.63) is 16.6 Å². The third-order valence-electron chi connectivity index (χ3n) is 1.85. The molecule has 0 saturated carbocycles. The monoisotopic (exact) mass is 276 g/mol. The topological polar surface area (TPSA) is 33.2 Å². The van der Waals surface area contributed by atoms with Gasteiger partial charge in [-0.15, -0.1) is 11.3 Å². The van der Waals surface area contributed by atoms with Gasteiger partial charge in [0.15, 0.2) is 0 Å². The number of carbonyl (C=O) groups is 1. The second-order valence-corrected chi connectivity index (χ2v) is 4.83. The Morgan fingerprint density at radius 2 is 2.43 bits per heavy atom. The first-order valence-electron chi connectivity index (χ1n) is 4.42. The van der Waals surface area contributed by atoms with E-state index in [0.717, 1.165) is 11.9 Å². The predicted molar refractivity (Wildman–Crippen MR) is 62.1 cm³/mol. The van der Waals surface area contributed by atoms with Crippen molar-refractivity contribution in [1.82, 2.24) is 9.88 Å². The number of hydrogen-bond acceptors (Lipinski definition) is 3. The Bertz CT molecular complexity index is 287. The number of carbonyl (C=O) groups excluding carboxylic acids is 1. The first kappa shape index (κ1) is 11.7. The van der Waals surface area contributed by atoms with E-state index in [2.05, 4.69) is 20.9 Å². The predicted octanol–water partition coefficient (Wildman–Crippen LogP) is 2.39. The van der Waals surface area contributed by atoms with Crippen molar-refractivity contribution in [2.24, 2.45) is 0 Å². The van der Waals surface area contributed by atoms with Gasteiger partial charge >= 0.3 is 0 Å². The standard InChI is InChI=1S/C9H13BrN2OS/c1-7(2)12(4-3-10)9(13)8-5-11-6-14-8/h5-7H,3-4H2,1-2H3. The molecule has 0 unspecified atom stereocenters. The van der Waals surface area contributed by atoms with Gasteiger partial charge in [0, 0.05) is 17.9 Å². The summed E-state index contributed by atoms with van der Waals surface area (Å²) in [5, 5.41) is 0.801. The van der Waals surface area contributed by atoms with Crippen LogP contribution in [-0.2, 0) is 0 Å². The summed E-state index contributed by atoms with van der Waals surface area (Å²) in [4.78, 5) is 18.4. The van der Waals surface area contributed by atoms with Crippen molar-refractivity contribution in [3.8, 4) is 0 Å². The van der Waals surface area contributed by atoms with Crippen molar-refractivity contribution in [1.29, 1.82) is 0 Å². The molecule has 0 bridgehead atoms. The minimum atomic E-state index is 0.0713. The van der Waals surface area contributed by atoms with Gasteiger partial charge in [-0.3, -0.25) is 9.78 Å². The van der Waals surface area contributed by atoms with Crippen LogP contribution in [0.4, 0.5) is 0 Å². The molecule has 1 heterocycles. The molecule has 0 aromatic carbocycles. The molecule has 0 saturated heterocycles. The summed E-state index contributed by atoms with van der Waals surface area (Å²) in [6.45, 7) is 4.76. The molecule has 0 aliphatic carbocycles. The maximum absolute atomic E-state index is 11.9. The van der Waals surface area contributed by atoms with Gasteiger partial charge in [-0.1, -0.05) is 15.9 Å². The molecule has 0 aliphatic rings. The Hall–Kier alpha value is -0.420. The van der Waals surface area contributed by atoms with Crippen LogP contribution < -0.4 is 0 Å². The number of rotatable bonds is 4. The molecule has 78 valence electrons. The van der Waals surface area contributed by atoms with Gasteiger partial charge in [-0.25, -0.2) is 0 Å². The van der Waals surface area contributed by atoms with Crippen LogP contribution in [0.2, 0.25) is 0 Å². The largest absolute Gasteiger partial charge is 0.335 e. The SMILES string of the molecule is CC(C)N(CCBr)C(=O)c1cncs1. The van der Waals surface area contributed by atoms with Crippen molar-refractivity contribution >= 4 is 33.2 Å². The highest BCUT2D eigenvalue weighted by Crippen LogP contribution is 2.12. The second-order valence-electron chi connectivity index (χ2n) is 3.15. The Labute approximate surface area is 96.3 Å². The van der Waals surface area contributed by atoms with E-state index in [-0.39, 0.29) is 11.9 Å². The van der Waals surface area contributed by atoms with E-state index in [9.17, 15) is 4.79 Å². The van der Waals surface area contributed by atoms with Crippen molar-refractivity contribution in [2.45, 2.75) is 19.9 Å². The van der Waals surface area contributed by atoms with E-state index >= 15 is 0 Å². The van der Waals surface area contributed by atoms with Gasteiger partial charge in [-0.05, 0) is 13.8 Å². The summed E-state index contributed by atoms with van der Waals surface area (Å²) in [5.74, 6) is 0.0713. The third-order valence-corrected chi connectivity index (χ3v) is 2.97. The number of nitrogens with zero attached hydrogens (tertiary/aromatic N) is 2. The molecule has 1 aromatic heterocycles. The van der Waals surface area contributed by atoms with E-state index in [1.54, 1.807) is 11.7 Å². The summed E-state index contributed by atoms with van der Waals surface area (Å²) in [6.07, 6.45) is 1.62. The molecule has 3 nitrogen and oxygen atoms in total. The lowest BCUT2D eigenvalue weighted by atomic mass is 10.3. The Morgan fingerprint density at radius 1 is 1.71 bits per heavy atom. The van der Waals surface area contributed by atoms with Crippen LogP contribution >= 0.6 is 27.3 Å². The number of amides is 1. The maximum Gasteiger partial charge on any atom is 0.265 e. The van der Waals surface area contributed by atoms with Crippen molar-refractivity contribution < 1.29 is 4.79 Å². The molecule has 1 rings (SSSR count). The normalized spacial score (nSPS) is 10.6. The smallest absolute Gasteiger partial charge is 0.265 e. The molecule has 1 amide bonds. The minimum absolute atomic E-state index is 0.0713. The fraction of sp³-hybridized carbons (Fsp3) is 0.556. The molecule has 0 aliphatic heterocycles. The van der Waals surface area contributed by atoms with Crippen LogP contribution in [0.1, 0.15) is 23.5 Å². The first-order valence-corrected chi connectivity index (χ1v) is 6.42. The van der Waals surface area contributed by atoms with Crippen LogP contribution in [0.15, 0.2) is 11.7 Å². The Balaban J connectivity index is 2.74. The average Bonchev–Trinajstić information content (AvgIpc) is 2.65. The zero-order valence-electron chi connectivity index (χ0n) is 8.24. The summed E-state index contributed by atoms with van der Waals surface area (Å²) in [6, 6.07) is 0.224. The molecular formula is C9H13BrN2OS. The summed E-state index contributed by atoms with van der Waals surface area (Å²) < 4.78 is 0. The average molecular weight is 277 g/mol. The number of halogens is 1. The van der Waals surface area contributed by atoms with E-state index in [1.807, 2.05) is 18.7 Å². The quantitative estimate of drug-likeness (QED) is 0.792. The molecule has 5 heteroatoms. The lowest BCUT2D eigenvalue weighted by Crippen LogP contribution is -2.37. The van der Waals surface area contributed by atoms with Gasteiger partial charge in [0.25, 0.3) is 5.91 Å². The second kappa shape index (κ2) is 5.46. The zero-order chi connectivity index (χ0) is 10.6. The van der Waals surface area contributed by atoms with Gasteiger partial charge < -0.3 is 4.90 Å². The highest BCUT2D eigenvalue weighted by atomic mass is 79.9. The van der Waals surface area contributed by atoms with Gasteiger partial charge in [-0.2, -0.15) is 0 Å². The summed E-state index contributed by atoms with van der Waals surface area (Å²) in [7, 11) is 0. The first-order chi connectivity index (χ1) is 6.66. The number of alkyl halides is 1. The van der Waals surface area contributed by atoms with Crippen LogP contribution in [0.25, 0.3) is 0 Å². The molecule has 0 atom stereocenters. The van der Waals surface area contributed by atoms with Gasteiger partial charge in [0.1, 0.15) is 4.88 Å². The van der Waals surface area contributed by atoms with E-state index in [4.69, 9.17) is 0 Å². The van der Waals surface area contributed by atoms with E-state index in [0.29, 0.717) is 4.88 Å². The molecule has 0 N–H and O–H groups in total. The molecule has 0 radical (unpaired) electrons. The van der Waals surface area contributed by atoms with Crippen LogP contribution in [-0.4, -0.2) is 33.7 Å². The Morgan fingerprint density at radius 3 is 2.86 bits per heavy atom. The Kier molecular flexibility index (Phi) is 4.54. The maximum atomic E-state index is 11.9. The lowest BCUT2D eigenvalue weighted by molar-refractivity contribution is 0.0724. The highest BCUT2D eigenvalue weighted by molar-refractivity contribution is 9.09. The fourth-order valence-corrected chi connectivity index (χ4v) is 2.11. The summed E-state index contributed by atoms with van der Waals surface area (Å²) >= 11 is 4.73. The van der Waals surface area contributed by atoms with Crippen LogP contribution in [0.3, 0.4) is 0 Å². The van der Waals surface area contributed by atoms with Crippen molar-refractivity contribution in [3.63, 3.8) is 0 Å². The number of aromatic nitrogens is 1. The molecular weight excluding hydrogens is 264 g/mol. The third kappa shape index (κ3) is 2.78. The molecule has 0 spiro atoms. The lowest BCUT2D eigenvalue weighted by Gasteiger charge is -2.25. The van der Waals surface area contributed by atoms with Gasteiger partial charge in [0.2, 0.25) is 0 Å². The van der Waals surface area contributed by atoms with Crippen LogP contribution in [0, 0.1) is 0 Å². The highest BCUT2D eigenvalue weighted by Gasteiger charge is 2.18. The fourth-order valence-electron chi connectivity index (χ4n) is 1.15. The summed E-state index contributed by atoms with van der Waals surface area (Å²) in [5.41, 5.74) is 1.68. The molecule has 0 fully saturated rings. The molecule has 14 heavy (non-hydrogen) atoms. The van der Waals surface area contributed by atoms with Gasteiger partial charge in [0.05, 0.1) is 11.7 Å². The van der Waals surface area contributed by atoms with E-state index in [1.165, 1.54) is 11.3 Å². The van der Waals surface area contributed by atoms with Crippen LogP contribution in [0.5, 0.6) is 0 Å². The number of hydrogen-bond donors (Lipinski definition) is 0. The van der Waals surface area contributed by atoms with Crippen molar-refractivity contribution in [2.75, 3.05) is 11.9 Å². The number of thiazole rings is 1. The van der Waals surface area contributed by atoms with E-state index < -0.39 is 0 Å².